The molecule has 1 fully saturated rings. The molecule has 0 radical (unpaired) electrons. The molecule has 0 bridgehead atoms. The van der Waals surface area contributed by atoms with Gasteiger partial charge in [-0.25, -0.2) is 4.39 Å². The Kier molecular flexibility index (Phi) is 8.21. The van der Waals surface area contributed by atoms with Crippen LogP contribution in [-0.2, 0) is 14.3 Å². The van der Waals surface area contributed by atoms with Crippen molar-refractivity contribution < 1.29 is 28.4 Å². The summed E-state index contributed by atoms with van der Waals surface area (Å²) in [5, 5.41) is 10.1. The highest BCUT2D eigenvalue weighted by Gasteiger charge is 2.25. The molecule has 1 aliphatic rings. The second-order valence-corrected chi connectivity index (χ2v) is 9.12. The molecule has 1 unspecified atom stereocenters. The van der Waals surface area contributed by atoms with Crippen LogP contribution in [0.4, 0.5) is 15.8 Å². The van der Waals surface area contributed by atoms with E-state index in [0.717, 1.165) is 0 Å². The molecule has 11 heteroatoms. The van der Waals surface area contributed by atoms with E-state index in [1.165, 1.54) is 36.9 Å². The van der Waals surface area contributed by atoms with Gasteiger partial charge in [0.05, 0.1) is 10.6 Å². The maximum absolute atomic E-state index is 14.4. The van der Waals surface area contributed by atoms with Crippen LogP contribution in [-0.4, -0.2) is 65.5 Å². The minimum atomic E-state index is -0.605. The van der Waals surface area contributed by atoms with Crippen LogP contribution < -0.4 is 4.90 Å². The molecular formula is C23H24FN3O6S. The number of non-ortho nitro benzene ring substituents is 1. The van der Waals surface area contributed by atoms with Crippen molar-refractivity contribution in [1.82, 2.24) is 4.90 Å². The number of Topliss-reactive ketones (excluding diaryl/α,β-unsaturated/α-hetero) is 1. The number of ketones is 1. The molecule has 0 N–H and O–H groups in total. The number of benzene rings is 2. The van der Waals surface area contributed by atoms with Gasteiger partial charge in [-0.1, -0.05) is 0 Å². The number of rotatable bonds is 8. The molecule has 3 rings (SSSR count). The molecule has 0 aliphatic carbocycles. The number of carbonyl (C=O) groups excluding carboxylic acids is 3. The van der Waals surface area contributed by atoms with Crippen LogP contribution in [0.15, 0.2) is 47.4 Å². The summed E-state index contributed by atoms with van der Waals surface area (Å²) < 4.78 is 19.5. The van der Waals surface area contributed by atoms with Crippen molar-refractivity contribution in [3.05, 3.63) is 64.0 Å². The Hall–Kier alpha value is -3.47. The van der Waals surface area contributed by atoms with E-state index in [1.807, 2.05) is 0 Å². The monoisotopic (exact) mass is 489 g/mol. The van der Waals surface area contributed by atoms with Crippen LogP contribution in [0.25, 0.3) is 0 Å². The number of carbonyl (C=O) groups is 3. The summed E-state index contributed by atoms with van der Waals surface area (Å²) in [5.41, 5.74) is 0.638. The molecule has 2 aromatic rings. The van der Waals surface area contributed by atoms with Crippen LogP contribution in [0, 0.1) is 15.9 Å². The van der Waals surface area contributed by atoms with Gasteiger partial charge in [0.2, 0.25) is 0 Å². The summed E-state index contributed by atoms with van der Waals surface area (Å²) >= 11 is 1.18. The highest BCUT2D eigenvalue weighted by Crippen LogP contribution is 2.26. The van der Waals surface area contributed by atoms with E-state index in [2.05, 4.69) is 0 Å². The van der Waals surface area contributed by atoms with Gasteiger partial charge >= 0.3 is 5.97 Å². The number of halogens is 1. The standard InChI is InChI=1S/C23H24FN3O6S/c1-15(28)17-3-8-21(20(24)13-17)25-9-11-26(12-10-25)22(29)14-33-23(30)16(2)34-19-6-4-18(5-7-19)27(31)32/h3-8,13,16H,9-12,14H2,1-2H3. The van der Waals surface area contributed by atoms with Gasteiger partial charge in [-0.3, -0.25) is 24.5 Å². The van der Waals surface area contributed by atoms with Crippen LogP contribution in [0.2, 0.25) is 0 Å². The molecule has 1 atom stereocenters. The van der Waals surface area contributed by atoms with E-state index in [0.29, 0.717) is 42.3 Å². The molecule has 0 saturated carbocycles. The number of nitro benzene ring substituents is 1. The fourth-order valence-electron chi connectivity index (χ4n) is 3.42. The van der Waals surface area contributed by atoms with Gasteiger partial charge in [0.1, 0.15) is 11.1 Å². The lowest BCUT2D eigenvalue weighted by molar-refractivity contribution is -0.384. The normalized spacial score (nSPS) is 14.4. The maximum atomic E-state index is 14.4. The van der Waals surface area contributed by atoms with Crippen LogP contribution in [0.1, 0.15) is 24.2 Å². The first-order chi connectivity index (χ1) is 16.2. The first kappa shape index (κ1) is 25.2. The van der Waals surface area contributed by atoms with Gasteiger partial charge in [0.25, 0.3) is 11.6 Å². The van der Waals surface area contributed by atoms with E-state index < -0.39 is 28.6 Å². The lowest BCUT2D eigenvalue weighted by atomic mass is 10.1. The summed E-state index contributed by atoms with van der Waals surface area (Å²) in [4.78, 5) is 50.4. The number of nitrogens with zero attached hydrogens (tertiary/aromatic N) is 3. The topological polar surface area (TPSA) is 110 Å². The summed E-state index contributed by atoms with van der Waals surface area (Å²) in [7, 11) is 0. The Morgan fingerprint density at radius 3 is 2.32 bits per heavy atom. The molecular weight excluding hydrogens is 465 g/mol. The lowest BCUT2D eigenvalue weighted by Crippen LogP contribution is -2.50. The van der Waals surface area contributed by atoms with Crippen molar-refractivity contribution in [3.8, 4) is 0 Å². The molecule has 1 saturated heterocycles. The summed E-state index contributed by atoms with van der Waals surface area (Å²) in [6.07, 6.45) is 0. The highest BCUT2D eigenvalue weighted by atomic mass is 32.2. The Morgan fingerprint density at radius 2 is 1.76 bits per heavy atom. The van der Waals surface area contributed by atoms with Crippen molar-refractivity contribution in [1.29, 1.82) is 0 Å². The van der Waals surface area contributed by atoms with E-state index in [-0.39, 0.29) is 17.4 Å². The Morgan fingerprint density at radius 1 is 1.12 bits per heavy atom. The molecule has 2 aromatic carbocycles. The fourth-order valence-corrected chi connectivity index (χ4v) is 4.28. The van der Waals surface area contributed by atoms with Gasteiger partial charge in [-0.2, -0.15) is 0 Å². The SMILES string of the molecule is CC(=O)c1ccc(N2CCN(C(=O)COC(=O)C(C)Sc3ccc([N+](=O)[O-])cc3)CC2)c(F)c1. The van der Waals surface area contributed by atoms with Crippen LogP contribution >= 0.6 is 11.8 Å². The number of amides is 1. The maximum Gasteiger partial charge on any atom is 0.319 e. The van der Waals surface area contributed by atoms with E-state index in [4.69, 9.17) is 4.74 Å². The molecule has 9 nitrogen and oxygen atoms in total. The van der Waals surface area contributed by atoms with E-state index in [9.17, 15) is 28.9 Å². The minimum absolute atomic E-state index is 0.0407. The van der Waals surface area contributed by atoms with Crippen molar-refractivity contribution >= 4 is 40.8 Å². The van der Waals surface area contributed by atoms with Crippen LogP contribution in [0.5, 0.6) is 0 Å². The number of piperazine rings is 1. The minimum Gasteiger partial charge on any atom is -0.455 e. The van der Waals surface area contributed by atoms with Gasteiger partial charge in [0.15, 0.2) is 12.4 Å². The average Bonchev–Trinajstić information content (AvgIpc) is 2.82. The third-order valence-electron chi connectivity index (χ3n) is 5.36. The summed E-state index contributed by atoms with van der Waals surface area (Å²) in [6, 6.07) is 10.2. The molecule has 0 aromatic heterocycles. The van der Waals surface area contributed by atoms with Gasteiger partial charge in [-0.05, 0) is 44.2 Å². The van der Waals surface area contributed by atoms with E-state index in [1.54, 1.807) is 41.0 Å². The summed E-state index contributed by atoms with van der Waals surface area (Å²) in [6.45, 7) is 4.11. The van der Waals surface area contributed by atoms with Gasteiger partial charge in [0, 0.05) is 48.8 Å². The third kappa shape index (κ3) is 6.31. The number of anilines is 1. The quantitative estimate of drug-likeness (QED) is 0.183. The second-order valence-electron chi connectivity index (χ2n) is 7.71. The Bertz CT molecular complexity index is 1090. The lowest BCUT2D eigenvalue weighted by Gasteiger charge is -2.36. The first-order valence-electron chi connectivity index (χ1n) is 10.6. The van der Waals surface area contributed by atoms with E-state index >= 15 is 0 Å². The molecule has 34 heavy (non-hydrogen) atoms. The highest BCUT2D eigenvalue weighted by molar-refractivity contribution is 8.00. The zero-order chi connectivity index (χ0) is 24.8. The fraction of sp³-hybridized carbons (Fsp3) is 0.348. The van der Waals surface area contributed by atoms with Crippen molar-refractivity contribution in [3.63, 3.8) is 0 Å². The average molecular weight is 490 g/mol. The number of hydrogen-bond donors (Lipinski definition) is 0. The zero-order valence-corrected chi connectivity index (χ0v) is 19.5. The third-order valence-corrected chi connectivity index (χ3v) is 6.45. The molecule has 180 valence electrons. The number of esters is 1. The molecule has 1 heterocycles. The molecule has 1 aliphatic heterocycles. The van der Waals surface area contributed by atoms with Crippen molar-refractivity contribution in [2.24, 2.45) is 0 Å². The smallest absolute Gasteiger partial charge is 0.319 e. The predicted octanol–water partition coefficient (Wildman–Crippen LogP) is 3.31. The number of nitro groups is 1. The molecule has 1 amide bonds. The molecule has 0 spiro atoms. The number of thioether (sulfide) groups is 1. The predicted molar refractivity (Wildman–Crippen MR) is 125 cm³/mol. The first-order valence-corrected chi connectivity index (χ1v) is 11.4. The summed E-state index contributed by atoms with van der Waals surface area (Å²) in [5.74, 6) is -1.60. The Labute approximate surface area is 200 Å². The number of ether oxygens (including phenoxy) is 1. The van der Waals surface area contributed by atoms with Gasteiger partial charge < -0.3 is 14.5 Å². The largest absolute Gasteiger partial charge is 0.455 e. The number of hydrogen-bond acceptors (Lipinski definition) is 8. The Balaban J connectivity index is 1.45. The van der Waals surface area contributed by atoms with Gasteiger partial charge in [-0.15, -0.1) is 11.8 Å². The van der Waals surface area contributed by atoms with Crippen molar-refractivity contribution in [2.75, 3.05) is 37.7 Å². The van der Waals surface area contributed by atoms with Crippen LogP contribution in [0.3, 0.4) is 0 Å². The second kappa shape index (κ2) is 11.1. The zero-order valence-electron chi connectivity index (χ0n) is 18.7. The van der Waals surface area contributed by atoms with Crippen molar-refractivity contribution in [2.45, 2.75) is 24.0 Å².